The van der Waals surface area contributed by atoms with E-state index in [4.69, 9.17) is 9.47 Å². The highest BCUT2D eigenvalue weighted by Gasteiger charge is 2.53. The molecule has 3 aromatic rings. The maximum Gasteiger partial charge on any atom is 0.401 e. The van der Waals surface area contributed by atoms with Gasteiger partial charge in [0.15, 0.2) is 5.78 Å². The van der Waals surface area contributed by atoms with Crippen LogP contribution in [0.1, 0.15) is 54.4 Å². The first kappa shape index (κ1) is 36.2. The van der Waals surface area contributed by atoms with E-state index in [0.29, 0.717) is 61.3 Å². The van der Waals surface area contributed by atoms with E-state index in [-0.39, 0.29) is 50.4 Å². The molecule has 0 radical (unpaired) electrons. The lowest BCUT2D eigenvalue weighted by Gasteiger charge is -2.52. The fourth-order valence-corrected chi connectivity index (χ4v) is 8.44. The molecule has 1 aromatic heterocycles. The van der Waals surface area contributed by atoms with Crippen LogP contribution in [0.15, 0.2) is 47.8 Å². The van der Waals surface area contributed by atoms with Gasteiger partial charge in [-0.25, -0.2) is 0 Å². The van der Waals surface area contributed by atoms with Crippen molar-refractivity contribution in [2.75, 3.05) is 58.2 Å². The number of alkyl halides is 3. The van der Waals surface area contributed by atoms with Gasteiger partial charge in [0.05, 0.1) is 36.9 Å². The lowest BCUT2D eigenvalue weighted by atomic mass is 9.87. The van der Waals surface area contributed by atoms with Crippen LogP contribution >= 0.6 is 11.3 Å². The summed E-state index contributed by atoms with van der Waals surface area (Å²) in [4.78, 5) is 45.0. The van der Waals surface area contributed by atoms with Gasteiger partial charge in [-0.1, -0.05) is 24.3 Å². The van der Waals surface area contributed by atoms with Gasteiger partial charge in [0.2, 0.25) is 5.85 Å². The quantitative estimate of drug-likeness (QED) is 0.238. The van der Waals surface area contributed by atoms with Gasteiger partial charge in [-0.05, 0) is 62.3 Å². The molecule has 270 valence electrons. The number of aliphatic carboxylic acids is 1. The number of carboxylic acid groups (broad SMARTS) is 1. The number of hydrogen-bond donors (Lipinski definition) is 2. The van der Waals surface area contributed by atoms with E-state index in [2.05, 4.69) is 5.32 Å². The number of amides is 1. The summed E-state index contributed by atoms with van der Waals surface area (Å²) in [7, 11) is 1.49. The number of halogens is 3. The van der Waals surface area contributed by atoms with Gasteiger partial charge in [-0.3, -0.25) is 29.1 Å². The van der Waals surface area contributed by atoms with Gasteiger partial charge in [0.1, 0.15) is 5.75 Å². The van der Waals surface area contributed by atoms with E-state index in [1.165, 1.54) is 23.3 Å². The summed E-state index contributed by atoms with van der Waals surface area (Å²) in [6.45, 7) is 0.812. The summed E-state index contributed by atoms with van der Waals surface area (Å²) in [6.07, 6.45) is -1.28. The molecule has 1 aliphatic carbocycles. The highest BCUT2D eigenvalue weighted by atomic mass is 32.1. The van der Waals surface area contributed by atoms with Crippen LogP contribution in [0, 0.1) is 5.92 Å². The fraction of sp³-hybridized carbons (Fsp3) is 0.528. The number of fused-ring (bicyclic) bond motifs is 1. The topological polar surface area (TPSA) is 112 Å². The van der Waals surface area contributed by atoms with Gasteiger partial charge < -0.3 is 19.9 Å². The van der Waals surface area contributed by atoms with Crippen LogP contribution < -0.4 is 10.1 Å². The van der Waals surface area contributed by atoms with Crippen molar-refractivity contribution in [2.45, 2.75) is 63.1 Å². The predicted octanol–water partition coefficient (Wildman–Crippen LogP) is 5.86. The van der Waals surface area contributed by atoms with Gasteiger partial charge in [0.25, 0.3) is 5.91 Å². The molecular weight excluding hydrogens is 673 g/mol. The van der Waals surface area contributed by atoms with E-state index in [9.17, 15) is 32.7 Å². The zero-order valence-corrected chi connectivity index (χ0v) is 28.9. The first-order chi connectivity index (χ1) is 24.0. The van der Waals surface area contributed by atoms with Crippen LogP contribution in [0.3, 0.4) is 0 Å². The van der Waals surface area contributed by atoms with Crippen molar-refractivity contribution in [2.24, 2.45) is 5.92 Å². The molecule has 1 atom stereocenters. The third-order valence-electron chi connectivity index (χ3n) is 10.1. The van der Waals surface area contributed by atoms with Crippen molar-refractivity contribution in [1.29, 1.82) is 0 Å². The number of thiophene rings is 1. The molecule has 2 aliphatic heterocycles. The zero-order chi connectivity index (χ0) is 35.5. The van der Waals surface area contributed by atoms with Crippen molar-refractivity contribution in [3.63, 3.8) is 0 Å². The molecule has 1 saturated carbocycles. The summed E-state index contributed by atoms with van der Waals surface area (Å²) < 4.78 is 53.3. The first-order valence-corrected chi connectivity index (χ1v) is 18.0. The maximum absolute atomic E-state index is 14.8. The number of carbonyl (C=O) groups is 3. The number of piperazine rings is 1. The number of benzene rings is 2. The average Bonchev–Trinajstić information content (AvgIpc) is 3.79. The van der Waals surface area contributed by atoms with Gasteiger partial charge in [-0.2, -0.15) is 13.2 Å². The zero-order valence-electron chi connectivity index (χ0n) is 28.0. The second-order valence-corrected chi connectivity index (χ2v) is 14.3. The molecular formula is C36H43F3N4O6S. The Morgan fingerprint density at radius 3 is 2.28 bits per heavy atom. The molecule has 2 N–H and O–H groups in total. The Labute approximate surface area is 293 Å². The van der Waals surface area contributed by atoms with Crippen LogP contribution in [0.2, 0.25) is 0 Å². The normalized spacial score (nSPS) is 22.3. The monoisotopic (exact) mass is 716 g/mol. The number of ketones is 1. The number of nitrogens with one attached hydrogen (secondary N) is 1. The van der Waals surface area contributed by atoms with Crippen molar-refractivity contribution < 1.29 is 42.1 Å². The molecule has 1 amide bonds. The SMILES string of the molecule is COc1cc(CC(=O)C(O[C@H]2CC[C@H](C(=O)O)CC2)(N2CCCC2)N2CCN(CC(F)(F)F)CC2)ccc1NC(=O)c1csc2ccccc12. The highest BCUT2D eigenvalue weighted by molar-refractivity contribution is 7.17. The Hall–Kier alpha value is -3.56. The molecule has 6 rings (SSSR count). The fourth-order valence-electron chi connectivity index (χ4n) is 7.50. The maximum atomic E-state index is 14.8. The van der Waals surface area contributed by atoms with Crippen LogP contribution in [0.4, 0.5) is 18.9 Å². The van der Waals surface area contributed by atoms with Crippen LogP contribution in [-0.2, 0) is 20.7 Å². The van der Waals surface area contributed by atoms with Crippen LogP contribution in [-0.4, -0.2) is 109 Å². The summed E-state index contributed by atoms with van der Waals surface area (Å²) in [6, 6.07) is 12.8. The molecule has 3 heterocycles. The van der Waals surface area contributed by atoms with Gasteiger partial charge in [0, 0.05) is 61.2 Å². The minimum absolute atomic E-state index is 0.0521. The summed E-state index contributed by atoms with van der Waals surface area (Å²) >= 11 is 1.48. The second-order valence-electron chi connectivity index (χ2n) is 13.3. The van der Waals surface area contributed by atoms with Crippen molar-refractivity contribution in [3.8, 4) is 5.75 Å². The number of carbonyl (C=O) groups excluding carboxylic acids is 2. The molecule has 2 saturated heterocycles. The Kier molecular flexibility index (Phi) is 11.1. The Balaban J connectivity index is 1.26. The number of anilines is 1. The summed E-state index contributed by atoms with van der Waals surface area (Å²) in [5, 5.41) is 15.2. The minimum Gasteiger partial charge on any atom is -0.495 e. The van der Waals surface area contributed by atoms with Gasteiger partial charge >= 0.3 is 12.1 Å². The van der Waals surface area contributed by atoms with Crippen molar-refractivity contribution in [1.82, 2.24) is 14.7 Å². The van der Waals surface area contributed by atoms with E-state index in [1.807, 2.05) is 39.4 Å². The highest BCUT2D eigenvalue weighted by Crippen LogP contribution is 2.37. The van der Waals surface area contributed by atoms with Crippen LogP contribution in [0.25, 0.3) is 10.1 Å². The molecule has 0 bridgehead atoms. The number of likely N-dealkylation sites (tertiary alicyclic amines) is 1. The molecule has 0 spiro atoms. The average molecular weight is 717 g/mol. The minimum atomic E-state index is -4.33. The van der Waals surface area contributed by atoms with Crippen molar-refractivity contribution in [3.05, 3.63) is 59.0 Å². The molecule has 3 aliphatic rings. The number of hydrogen-bond acceptors (Lipinski definition) is 9. The molecule has 1 unspecified atom stereocenters. The summed E-state index contributed by atoms with van der Waals surface area (Å²) in [5.41, 5.74) is 1.62. The third kappa shape index (κ3) is 7.99. The molecule has 3 fully saturated rings. The number of Topliss-reactive ketones (excluding diaryl/α,β-unsaturated/α-hetero) is 1. The third-order valence-corrected chi connectivity index (χ3v) is 11.0. The Bertz CT molecular complexity index is 1680. The Morgan fingerprint density at radius 2 is 1.62 bits per heavy atom. The molecule has 14 heteroatoms. The number of nitrogens with zero attached hydrogens (tertiary/aromatic N) is 3. The smallest absolute Gasteiger partial charge is 0.401 e. The first-order valence-electron chi connectivity index (χ1n) is 17.1. The molecule has 50 heavy (non-hydrogen) atoms. The van der Waals surface area contributed by atoms with E-state index >= 15 is 0 Å². The molecule has 2 aromatic carbocycles. The number of ether oxygens (including phenoxy) is 2. The number of rotatable bonds is 12. The van der Waals surface area contributed by atoms with Gasteiger partial charge in [-0.15, -0.1) is 11.3 Å². The summed E-state index contributed by atoms with van der Waals surface area (Å²) in [5.74, 6) is -2.99. The lowest BCUT2D eigenvalue weighted by Crippen LogP contribution is -2.71. The van der Waals surface area contributed by atoms with E-state index in [1.54, 1.807) is 18.2 Å². The predicted molar refractivity (Wildman–Crippen MR) is 184 cm³/mol. The standard InChI is InChI=1S/C36H43F3N4O6S/c1-48-30-20-24(8-13-29(30)40-33(45)28-22-50-31-7-3-2-6-27(28)31)21-32(44)36(42-14-4-5-15-42,49-26-11-9-25(10-12-26)34(46)47)43-18-16-41(17-19-43)23-35(37,38)39/h2-3,6-8,13,20,22,25-26H,4-5,9-12,14-19,21,23H2,1H3,(H,40,45)(H,46,47)/t25-,26-,36?. The second kappa shape index (κ2) is 15.4. The Morgan fingerprint density at radius 1 is 0.940 bits per heavy atom. The molecule has 10 nitrogen and oxygen atoms in total. The van der Waals surface area contributed by atoms with Crippen molar-refractivity contribution >= 4 is 44.8 Å². The van der Waals surface area contributed by atoms with E-state index < -0.39 is 30.5 Å². The number of carboxylic acids is 1. The lowest BCUT2D eigenvalue weighted by molar-refractivity contribution is -0.262. The van der Waals surface area contributed by atoms with E-state index in [0.717, 1.165) is 22.9 Å². The largest absolute Gasteiger partial charge is 0.495 e. The number of methoxy groups -OCH3 is 1. The van der Waals surface area contributed by atoms with Crippen LogP contribution in [0.5, 0.6) is 5.75 Å².